The molecule has 1 amide bonds. The molecular formula is C19H19F2N3O. The topological polar surface area (TPSA) is 45.2 Å². The number of nitrogens with one attached hydrogen (secondary N) is 1. The Hall–Kier alpha value is -2.34. The molecule has 1 N–H and O–H groups in total. The van der Waals surface area contributed by atoms with Crippen molar-refractivity contribution < 1.29 is 13.6 Å². The Labute approximate surface area is 144 Å². The van der Waals surface area contributed by atoms with Gasteiger partial charge in [-0.05, 0) is 36.7 Å². The minimum Gasteiger partial charge on any atom is -0.335 e. The Bertz CT molecular complexity index is 783. The van der Waals surface area contributed by atoms with E-state index in [9.17, 15) is 13.6 Å². The summed E-state index contributed by atoms with van der Waals surface area (Å²) in [6.45, 7) is 2.01. The first kappa shape index (κ1) is 16.1. The van der Waals surface area contributed by atoms with Gasteiger partial charge in [0.25, 0.3) is 5.91 Å². The third kappa shape index (κ3) is 2.91. The van der Waals surface area contributed by atoms with Gasteiger partial charge in [0, 0.05) is 55.0 Å². The minimum atomic E-state index is -0.581. The summed E-state index contributed by atoms with van der Waals surface area (Å²) in [4.78, 5) is 18.7. The quantitative estimate of drug-likeness (QED) is 0.912. The number of pyridine rings is 1. The lowest BCUT2D eigenvalue weighted by atomic mass is 9.82. The van der Waals surface area contributed by atoms with Crippen LogP contribution in [0.3, 0.4) is 0 Å². The van der Waals surface area contributed by atoms with E-state index in [1.165, 1.54) is 12.1 Å². The first-order valence-corrected chi connectivity index (χ1v) is 8.52. The van der Waals surface area contributed by atoms with Gasteiger partial charge in [-0.15, -0.1) is 0 Å². The van der Waals surface area contributed by atoms with E-state index in [1.54, 1.807) is 24.5 Å². The Morgan fingerprint density at radius 3 is 2.76 bits per heavy atom. The van der Waals surface area contributed by atoms with Gasteiger partial charge in [0.05, 0.1) is 0 Å². The number of hydrogen-bond acceptors (Lipinski definition) is 3. The van der Waals surface area contributed by atoms with Crippen molar-refractivity contribution in [2.45, 2.75) is 18.4 Å². The summed E-state index contributed by atoms with van der Waals surface area (Å²) < 4.78 is 27.6. The van der Waals surface area contributed by atoms with Crippen molar-refractivity contribution in [3.63, 3.8) is 0 Å². The molecule has 3 heterocycles. The molecule has 2 aliphatic heterocycles. The highest BCUT2D eigenvalue weighted by Gasteiger charge is 2.46. The first-order valence-electron chi connectivity index (χ1n) is 8.52. The molecule has 2 aliphatic rings. The van der Waals surface area contributed by atoms with Crippen LogP contribution in [0.25, 0.3) is 0 Å². The summed E-state index contributed by atoms with van der Waals surface area (Å²) in [6.07, 6.45) is 4.03. The van der Waals surface area contributed by atoms with E-state index >= 15 is 0 Å². The van der Waals surface area contributed by atoms with Gasteiger partial charge < -0.3 is 10.2 Å². The van der Waals surface area contributed by atoms with E-state index in [4.69, 9.17) is 0 Å². The lowest BCUT2D eigenvalue weighted by molar-refractivity contribution is 0.0697. The van der Waals surface area contributed by atoms with Crippen molar-refractivity contribution in [2.75, 3.05) is 19.6 Å². The smallest absolute Gasteiger partial charge is 0.254 e. The lowest BCUT2D eigenvalue weighted by Crippen LogP contribution is -2.46. The minimum absolute atomic E-state index is 0.0516. The third-order valence-corrected chi connectivity index (χ3v) is 5.35. The van der Waals surface area contributed by atoms with Crippen molar-refractivity contribution in [3.05, 3.63) is 65.5 Å². The lowest BCUT2D eigenvalue weighted by Gasteiger charge is -2.33. The second kappa shape index (κ2) is 6.52. The van der Waals surface area contributed by atoms with Crippen LogP contribution in [0, 0.1) is 17.6 Å². The number of benzene rings is 1. The highest BCUT2D eigenvalue weighted by Crippen LogP contribution is 2.41. The number of hydrogen-bond donors (Lipinski definition) is 1. The molecule has 25 heavy (non-hydrogen) atoms. The first-order chi connectivity index (χ1) is 12.1. The number of carbonyl (C=O) groups excluding carboxylic acids is 1. The molecule has 4 rings (SSSR count). The monoisotopic (exact) mass is 343 g/mol. The molecule has 3 atom stereocenters. The SMILES string of the molecule is O=C(c1ccncc1)N1C[C@H](c2ccc(F)cc2F)[C@H]2CNCC[C@H]21. The molecule has 6 heteroatoms. The predicted octanol–water partition coefficient (Wildman–Crippen LogP) is 2.58. The van der Waals surface area contributed by atoms with Gasteiger partial charge in [0.2, 0.25) is 0 Å². The molecule has 130 valence electrons. The average Bonchev–Trinajstić information content (AvgIpc) is 3.01. The van der Waals surface area contributed by atoms with Crippen molar-refractivity contribution in [1.29, 1.82) is 0 Å². The number of amides is 1. The van der Waals surface area contributed by atoms with Crippen LogP contribution in [-0.4, -0.2) is 41.5 Å². The summed E-state index contributed by atoms with van der Waals surface area (Å²) in [5, 5.41) is 3.34. The van der Waals surface area contributed by atoms with Gasteiger partial charge in [-0.25, -0.2) is 8.78 Å². The van der Waals surface area contributed by atoms with Gasteiger partial charge in [-0.2, -0.15) is 0 Å². The number of likely N-dealkylation sites (tertiary alicyclic amines) is 1. The summed E-state index contributed by atoms with van der Waals surface area (Å²) in [6, 6.07) is 7.19. The van der Waals surface area contributed by atoms with Crippen LogP contribution in [0.2, 0.25) is 0 Å². The van der Waals surface area contributed by atoms with E-state index in [0.717, 1.165) is 25.6 Å². The van der Waals surface area contributed by atoms with Gasteiger partial charge in [0.15, 0.2) is 0 Å². The molecule has 2 fully saturated rings. The second-order valence-corrected chi connectivity index (χ2v) is 6.69. The van der Waals surface area contributed by atoms with Crippen LogP contribution >= 0.6 is 0 Å². The van der Waals surface area contributed by atoms with Crippen molar-refractivity contribution in [2.24, 2.45) is 5.92 Å². The number of halogens is 2. The van der Waals surface area contributed by atoms with Crippen LogP contribution in [-0.2, 0) is 0 Å². The fraction of sp³-hybridized carbons (Fsp3) is 0.368. The Balaban J connectivity index is 1.67. The molecule has 0 unspecified atom stereocenters. The van der Waals surface area contributed by atoms with E-state index in [0.29, 0.717) is 17.7 Å². The molecule has 0 radical (unpaired) electrons. The molecule has 0 aliphatic carbocycles. The molecular weight excluding hydrogens is 324 g/mol. The molecule has 0 saturated carbocycles. The zero-order chi connectivity index (χ0) is 17.4. The number of fused-ring (bicyclic) bond motifs is 1. The fourth-order valence-electron chi connectivity index (χ4n) is 4.17. The molecule has 4 nitrogen and oxygen atoms in total. The van der Waals surface area contributed by atoms with Crippen LogP contribution in [0.1, 0.15) is 28.3 Å². The van der Waals surface area contributed by atoms with Crippen LogP contribution in [0.5, 0.6) is 0 Å². The zero-order valence-corrected chi connectivity index (χ0v) is 13.7. The van der Waals surface area contributed by atoms with Crippen molar-refractivity contribution in [3.8, 4) is 0 Å². The number of piperidine rings is 1. The van der Waals surface area contributed by atoms with Crippen LogP contribution < -0.4 is 5.32 Å². The summed E-state index contributed by atoms with van der Waals surface area (Å²) >= 11 is 0. The molecule has 0 spiro atoms. The molecule has 1 aromatic heterocycles. The van der Waals surface area contributed by atoms with E-state index in [2.05, 4.69) is 10.3 Å². The van der Waals surface area contributed by atoms with Gasteiger partial charge in [-0.3, -0.25) is 9.78 Å². The average molecular weight is 343 g/mol. The summed E-state index contributed by atoms with van der Waals surface area (Å²) in [5.74, 6) is -1.18. The van der Waals surface area contributed by atoms with Gasteiger partial charge in [0.1, 0.15) is 11.6 Å². The van der Waals surface area contributed by atoms with Crippen LogP contribution in [0.4, 0.5) is 8.78 Å². The Kier molecular flexibility index (Phi) is 4.21. The molecule has 1 aromatic carbocycles. The van der Waals surface area contributed by atoms with E-state index in [-0.39, 0.29) is 23.8 Å². The second-order valence-electron chi connectivity index (χ2n) is 6.69. The van der Waals surface area contributed by atoms with Crippen molar-refractivity contribution >= 4 is 5.91 Å². The standard InChI is InChI=1S/C19H19F2N3O/c20-13-1-2-14(17(21)9-13)16-11-24(18-5-8-23-10-15(16)18)19(25)12-3-6-22-7-4-12/h1-4,6-7,9,15-16,18,23H,5,8,10-11H2/t15-,16-,18-/m1/s1. The van der Waals surface area contributed by atoms with Crippen molar-refractivity contribution in [1.82, 2.24) is 15.2 Å². The van der Waals surface area contributed by atoms with Gasteiger partial charge >= 0.3 is 0 Å². The van der Waals surface area contributed by atoms with Crippen LogP contribution in [0.15, 0.2) is 42.7 Å². The van der Waals surface area contributed by atoms with E-state index < -0.39 is 11.6 Å². The highest BCUT2D eigenvalue weighted by atomic mass is 19.1. The summed E-state index contributed by atoms with van der Waals surface area (Å²) in [7, 11) is 0. The maximum Gasteiger partial charge on any atom is 0.254 e. The fourth-order valence-corrected chi connectivity index (χ4v) is 4.17. The summed E-state index contributed by atoms with van der Waals surface area (Å²) in [5.41, 5.74) is 1.08. The van der Waals surface area contributed by atoms with Gasteiger partial charge in [-0.1, -0.05) is 6.07 Å². The zero-order valence-electron chi connectivity index (χ0n) is 13.7. The van der Waals surface area contributed by atoms with E-state index in [1.807, 2.05) is 4.90 Å². The maximum atomic E-state index is 14.3. The highest BCUT2D eigenvalue weighted by molar-refractivity contribution is 5.94. The number of aromatic nitrogens is 1. The Morgan fingerprint density at radius 1 is 1.20 bits per heavy atom. The number of nitrogens with zero attached hydrogens (tertiary/aromatic N) is 2. The Morgan fingerprint density at radius 2 is 2.00 bits per heavy atom. The largest absolute Gasteiger partial charge is 0.335 e. The third-order valence-electron chi connectivity index (χ3n) is 5.35. The molecule has 2 saturated heterocycles. The molecule has 2 aromatic rings. The number of rotatable bonds is 2. The normalized spacial score (nSPS) is 25.7. The maximum absolute atomic E-state index is 14.3. The predicted molar refractivity (Wildman–Crippen MR) is 89.1 cm³/mol. The number of carbonyl (C=O) groups is 1. The molecule has 0 bridgehead atoms.